The van der Waals surface area contributed by atoms with E-state index >= 15 is 0 Å². The summed E-state index contributed by atoms with van der Waals surface area (Å²) in [5.41, 5.74) is 2.03. The predicted molar refractivity (Wildman–Crippen MR) is 82.8 cm³/mol. The second-order valence-electron chi connectivity index (χ2n) is 6.02. The number of carboxylic acid groups (broad SMARTS) is 1. The standard InChI is InChI=1S/C17H23NO4/c1-10-4-7-15(22-3)14(8-10)11(2)18-16(19)12-5-6-13(9-12)17(20)21/h4,7-8,11-13H,5-6,9H2,1-3H3,(H,18,19)(H,20,21)/t11?,12-,13+/m1/s1. The molecule has 1 aliphatic rings. The highest BCUT2D eigenvalue weighted by Gasteiger charge is 2.34. The molecule has 1 saturated carbocycles. The van der Waals surface area contributed by atoms with Crippen LogP contribution in [0.5, 0.6) is 5.75 Å². The maximum Gasteiger partial charge on any atom is 0.306 e. The molecule has 0 saturated heterocycles. The highest BCUT2D eigenvalue weighted by molar-refractivity contribution is 5.81. The van der Waals surface area contributed by atoms with Gasteiger partial charge in [-0.1, -0.05) is 17.7 Å². The average Bonchev–Trinajstić information content (AvgIpc) is 2.97. The topological polar surface area (TPSA) is 75.6 Å². The Morgan fingerprint density at radius 3 is 2.59 bits per heavy atom. The first-order valence-electron chi connectivity index (χ1n) is 7.60. The lowest BCUT2D eigenvalue weighted by atomic mass is 10.0. The number of hydrogen-bond donors (Lipinski definition) is 2. The fourth-order valence-corrected chi connectivity index (χ4v) is 3.05. The van der Waals surface area contributed by atoms with Gasteiger partial charge in [0, 0.05) is 11.5 Å². The van der Waals surface area contributed by atoms with Crippen LogP contribution in [0.15, 0.2) is 18.2 Å². The van der Waals surface area contributed by atoms with Gasteiger partial charge in [-0.3, -0.25) is 9.59 Å². The van der Waals surface area contributed by atoms with Crippen molar-refractivity contribution in [3.8, 4) is 5.75 Å². The molecule has 1 fully saturated rings. The summed E-state index contributed by atoms with van der Waals surface area (Å²) in [7, 11) is 1.61. The first-order chi connectivity index (χ1) is 10.4. The van der Waals surface area contributed by atoms with E-state index in [1.165, 1.54) is 0 Å². The number of carbonyl (C=O) groups is 2. The number of nitrogens with one attached hydrogen (secondary N) is 1. The van der Waals surface area contributed by atoms with Crippen molar-refractivity contribution in [1.29, 1.82) is 0 Å². The lowest BCUT2D eigenvalue weighted by Gasteiger charge is -2.20. The number of carboxylic acids is 1. The Labute approximate surface area is 130 Å². The van der Waals surface area contributed by atoms with E-state index in [-0.39, 0.29) is 23.8 Å². The zero-order valence-corrected chi connectivity index (χ0v) is 13.3. The molecule has 0 radical (unpaired) electrons. The van der Waals surface area contributed by atoms with Gasteiger partial charge in [-0.2, -0.15) is 0 Å². The van der Waals surface area contributed by atoms with Crippen molar-refractivity contribution in [3.05, 3.63) is 29.3 Å². The monoisotopic (exact) mass is 305 g/mol. The van der Waals surface area contributed by atoms with Crippen molar-refractivity contribution in [2.45, 2.75) is 39.2 Å². The Kier molecular flexibility index (Phi) is 5.06. The van der Waals surface area contributed by atoms with Crippen molar-refractivity contribution >= 4 is 11.9 Å². The zero-order valence-electron chi connectivity index (χ0n) is 13.3. The molecule has 0 bridgehead atoms. The summed E-state index contributed by atoms with van der Waals surface area (Å²) in [4.78, 5) is 23.3. The number of rotatable bonds is 5. The van der Waals surface area contributed by atoms with Crippen LogP contribution >= 0.6 is 0 Å². The van der Waals surface area contributed by atoms with Gasteiger partial charge >= 0.3 is 5.97 Å². The van der Waals surface area contributed by atoms with Gasteiger partial charge in [0.05, 0.1) is 19.1 Å². The van der Waals surface area contributed by atoms with E-state index in [9.17, 15) is 9.59 Å². The molecule has 1 aromatic rings. The minimum absolute atomic E-state index is 0.0696. The van der Waals surface area contributed by atoms with Crippen LogP contribution in [0.3, 0.4) is 0 Å². The maximum absolute atomic E-state index is 12.3. The van der Waals surface area contributed by atoms with Crippen molar-refractivity contribution in [1.82, 2.24) is 5.32 Å². The van der Waals surface area contributed by atoms with Crippen LogP contribution in [0.2, 0.25) is 0 Å². The molecule has 0 aliphatic heterocycles. The highest BCUT2D eigenvalue weighted by atomic mass is 16.5. The number of ether oxygens (including phenoxy) is 1. The summed E-state index contributed by atoms with van der Waals surface area (Å²) >= 11 is 0. The smallest absolute Gasteiger partial charge is 0.306 e. The molecule has 2 rings (SSSR count). The van der Waals surface area contributed by atoms with Crippen LogP contribution in [0.4, 0.5) is 0 Å². The Balaban J connectivity index is 2.03. The van der Waals surface area contributed by atoms with Crippen LogP contribution in [-0.4, -0.2) is 24.1 Å². The number of carbonyl (C=O) groups excluding carboxylic acids is 1. The van der Waals surface area contributed by atoms with Gasteiger partial charge in [0.1, 0.15) is 5.75 Å². The minimum atomic E-state index is -0.802. The molecule has 0 spiro atoms. The minimum Gasteiger partial charge on any atom is -0.496 e. The van der Waals surface area contributed by atoms with Gasteiger partial charge in [0.25, 0.3) is 0 Å². The summed E-state index contributed by atoms with van der Waals surface area (Å²) in [5.74, 6) is -0.726. The second kappa shape index (κ2) is 6.81. The molecular formula is C17H23NO4. The van der Waals surface area contributed by atoms with Crippen LogP contribution in [-0.2, 0) is 9.59 Å². The van der Waals surface area contributed by atoms with E-state index in [1.54, 1.807) is 7.11 Å². The third-order valence-electron chi connectivity index (χ3n) is 4.36. The Morgan fingerprint density at radius 2 is 2.00 bits per heavy atom. The highest BCUT2D eigenvalue weighted by Crippen LogP contribution is 2.32. The summed E-state index contributed by atoms with van der Waals surface area (Å²) in [5, 5.41) is 12.0. The quantitative estimate of drug-likeness (QED) is 0.877. The molecule has 1 aromatic carbocycles. The molecule has 1 amide bonds. The van der Waals surface area contributed by atoms with E-state index in [0.717, 1.165) is 16.9 Å². The van der Waals surface area contributed by atoms with Gasteiger partial charge < -0.3 is 15.2 Å². The van der Waals surface area contributed by atoms with Crippen LogP contribution in [0, 0.1) is 18.8 Å². The number of amides is 1. The number of benzene rings is 1. The molecule has 1 aliphatic carbocycles. The van der Waals surface area contributed by atoms with Crippen LogP contribution in [0.1, 0.15) is 43.4 Å². The normalized spacial score (nSPS) is 22.1. The lowest BCUT2D eigenvalue weighted by Crippen LogP contribution is -2.32. The van der Waals surface area contributed by atoms with Crippen molar-refractivity contribution in [2.24, 2.45) is 11.8 Å². The third-order valence-corrected chi connectivity index (χ3v) is 4.36. The van der Waals surface area contributed by atoms with E-state index < -0.39 is 5.97 Å². The Bertz CT molecular complexity index is 570. The zero-order chi connectivity index (χ0) is 16.3. The molecular weight excluding hydrogens is 282 g/mol. The molecule has 120 valence electrons. The first kappa shape index (κ1) is 16.3. The van der Waals surface area contributed by atoms with Gasteiger partial charge in [-0.15, -0.1) is 0 Å². The Morgan fingerprint density at radius 1 is 1.32 bits per heavy atom. The van der Waals surface area contributed by atoms with E-state index in [4.69, 9.17) is 9.84 Å². The van der Waals surface area contributed by atoms with Gasteiger partial charge in [-0.05, 0) is 39.2 Å². The summed E-state index contributed by atoms with van der Waals surface area (Å²) in [6.07, 6.45) is 1.65. The number of aliphatic carboxylic acids is 1. The van der Waals surface area contributed by atoms with Crippen molar-refractivity contribution in [3.63, 3.8) is 0 Å². The first-order valence-corrected chi connectivity index (χ1v) is 7.60. The average molecular weight is 305 g/mol. The van der Waals surface area contributed by atoms with E-state index in [0.29, 0.717) is 19.3 Å². The predicted octanol–water partition coefficient (Wildman–Crippen LogP) is 2.68. The molecule has 0 heterocycles. The van der Waals surface area contributed by atoms with Crippen molar-refractivity contribution in [2.75, 3.05) is 7.11 Å². The van der Waals surface area contributed by atoms with Gasteiger partial charge in [0.2, 0.25) is 5.91 Å². The maximum atomic E-state index is 12.3. The van der Waals surface area contributed by atoms with Crippen LogP contribution < -0.4 is 10.1 Å². The molecule has 5 nitrogen and oxygen atoms in total. The summed E-state index contributed by atoms with van der Waals surface area (Å²) < 4.78 is 5.35. The number of aryl methyl sites for hydroxylation is 1. The lowest BCUT2D eigenvalue weighted by molar-refractivity contribution is -0.141. The molecule has 1 unspecified atom stereocenters. The molecule has 5 heteroatoms. The number of methoxy groups -OCH3 is 1. The van der Waals surface area contributed by atoms with Gasteiger partial charge in [0.15, 0.2) is 0 Å². The summed E-state index contributed by atoms with van der Waals surface area (Å²) in [6.45, 7) is 3.91. The van der Waals surface area contributed by atoms with Crippen molar-refractivity contribution < 1.29 is 19.4 Å². The van der Waals surface area contributed by atoms with E-state index in [1.807, 2.05) is 32.0 Å². The Hall–Kier alpha value is -2.04. The molecule has 2 N–H and O–H groups in total. The fourth-order valence-electron chi connectivity index (χ4n) is 3.05. The third kappa shape index (κ3) is 3.59. The largest absolute Gasteiger partial charge is 0.496 e. The molecule has 22 heavy (non-hydrogen) atoms. The van der Waals surface area contributed by atoms with Gasteiger partial charge in [-0.25, -0.2) is 0 Å². The van der Waals surface area contributed by atoms with E-state index in [2.05, 4.69) is 5.32 Å². The number of hydrogen-bond acceptors (Lipinski definition) is 3. The SMILES string of the molecule is COc1ccc(C)cc1C(C)NC(=O)[C@@H]1CC[C@H](C(=O)O)C1. The van der Waals surface area contributed by atoms with Crippen LogP contribution in [0.25, 0.3) is 0 Å². The fraction of sp³-hybridized carbons (Fsp3) is 0.529. The molecule has 0 aromatic heterocycles. The molecule has 3 atom stereocenters. The second-order valence-corrected chi connectivity index (χ2v) is 6.02. The summed E-state index contributed by atoms with van der Waals surface area (Å²) in [6, 6.07) is 5.68.